The Kier molecular flexibility index (Phi) is 5.80. The minimum atomic E-state index is -0.525. The lowest BCUT2D eigenvalue weighted by Gasteiger charge is -2.16. The molecule has 0 aliphatic rings. The molecule has 0 radical (unpaired) electrons. The fourth-order valence-electron chi connectivity index (χ4n) is 2.13. The molecule has 3 N–H and O–H groups in total. The maximum Gasteiger partial charge on any atom is 0.239 e. The zero-order chi connectivity index (χ0) is 15.8. The van der Waals surface area contributed by atoms with E-state index in [1.165, 1.54) is 0 Å². The highest BCUT2D eigenvalue weighted by molar-refractivity contribution is 5.81. The Hall–Kier alpha value is -2.53. The highest BCUT2D eigenvalue weighted by atomic mass is 16.5. The average molecular weight is 300 g/mol. The van der Waals surface area contributed by atoms with Crippen LogP contribution in [-0.2, 0) is 4.79 Å². The van der Waals surface area contributed by atoms with Gasteiger partial charge < -0.3 is 15.2 Å². The summed E-state index contributed by atoms with van der Waals surface area (Å²) in [5.41, 5.74) is 6.29. The van der Waals surface area contributed by atoms with Gasteiger partial charge >= 0.3 is 0 Å². The van der Waals surface area contributed by atoms with E-state index in [4.69, 9.17) is 15.2 Å². The number of nitrogens with two attached hydrogens (primary N) is 1. The van der Waals surface area contributed by atoms with Crippen LogP contribution in [0.4, 0.5) is 0 Å². The van der Waals surface area contributed by atoms with Crippen molar-refractivity contribution in [1.82, 2.24) is 5.32 Å². The number of hydrogen-bond acceptors (Lipinski definition) is 4. The molecule has 0 aromatic heterocycles. The minimum Gasteiger partial charge on any atom is -0.493 e. The Balaban J connectivity index is 1.88. The Labute approximate surface area is 130 Å². The summed E-state index contributed by atoms with van der Waals surface area (Å²) in [5, 5.41) is 3.10. The van der Waals surface area contributed by atoms with Gasteiger partial charge in [0.15, 0.2) is 11.5 Å². The monoisotopic (exact) mass is 300 g/mol. The van der Waals surface area contributed by atoms with Crippen LogP contribution in [0, 0.1) is 0 Å². The van der Waals surface area contributed by atoms with Gasteiger partial charge in [0.1, 0.15) is 12.6 Å². The molecule has 5 nitrogen and oxygen atoms in total. The maximum atomic E-state index is 11.6. The topological polar surface area (TPSA) is 73.6 Å². The van der Waals surface area contributed by atoms with E-state index in [-0.39, 0.29) is 0 Å². The van der Waals surface area contributed by atoms with Crippen LogP contribution in [-0.4, -0.2) is 26.2 Å². The molecule has 2 rings (SSSR count). The van der Waals surface area contributed by atoms with Crippen molar-refractivity contribution in [3.05, 3.63) is 60.2 Å². The second kappa shape index (κ2) is 8.05. The van der Waals surface area contributed by atoms with Crippen LogP contribution in [0.2, 0.25) is 0 Å². The van der Waals surface area contributed by atoms with Crippen LogP contribution in [0.5, 0.6) is 11.5 Å². The molecule has 1 atom stereocenters. The first-order valence-corrected chi connectivity index (χ1v) is 7.06. The van der Waals surface area contributed by atoms with Crippen molar-refractivity contribution in [2.45, 2.75) is 6.04 Å². The van der Waals surface area contributed by atoms with Gasteiger partial charge in [-0.1, -0.05) is 42.5 Å². The number of para-hydroxylation sites is 2. The lowest BCUT2D eigenvalue weighted by molar-refractivity contribution is -0.120. The lowest BCUT2D eigenvalue weighted by Crippen LogP contribution is -2.35. The van der Waals surface area contributed by atoms with E-state index < -0.39 is 11.9 Å². The van der Waals surface area contributed by atoms with Crippen molar-refractivity contribution in [3.8, 4) is 11.5 Å². The van der Waals surface area contributed by atoms with Crippen molar-refractivity contribution in [2.75, 3.05) is 20.3 Å². The standard InChI is InChI=1S/C17H20N2O3/c1-21-14-9-5-6-10-15(14)22-12-11-19-16(17(18)20)13-7-3-2-4-8-13/h2-10,16,19H,11-12H2,1H3,(H2,18,20)/t16-/m1/s1. The summed E-state index contributed by atoms with van der Waals surface area (Å²) < 4.78 is 10.9. The molecular weight excluding hydrogens is 280 g/mol. The van der Waals surface area contributed by atoms with Crippen LogP contribution in [0.3, 0.4) is 0 Å². The third-order valence-corrected chi connectivity index (χ3v) is 3.19. The van der Waals surface area contributed by atoms with Gasteiger partial charge in [0.2, 0.25) is 5.91 Å². The first kappa shape index (κ1) is 15.9. The molecule has 5 heteroatoms. The number of methoxy groups -OCH3 is 1. The van der Waals surface area contributed by atoms with E-state index in [0.29, 0.717) is 24.7 Å². The van der Waals surface area contributed by atoms with E-state index in [1.807, 2.05) is 54.6 Å². The molecule has 1 amide bonds. The molecular formula is C17H20N2O3. The SMILES string of the molecule is COc1ccccc1OCCN[C@@H](C(N)=O)c1ccccc1. The fraction of sp³-hybridized carbons (Fsp3) is 0.235. The van der Waals surface area contributed by atoms with Gasteiger partial charge in [-0.3, -0.25) is 10.1 Å². The van der Waals surface area contributed by atoms with Crippen LogP contribution < -0.4 is 20.5 Å². The van der Waals surface area contributed by atoms with Gasteiger partial charge in [0.05, 0.1) is 7.11 Å². The van der Waals surface area contributed by atoms with Crippen molar-refractivity contribution < 1.29 is 14.3 Å². The number of hydrogen-bond donors (Lipinski definition) is 2. The first-order chi connectivity index (χ1) is 10.7. The summed E-state index contributed by atoms with van der Waals surface area (Å²) in [7, 11) is 1.60. The first-order valence-electron chi connectivity index (χ1n) is 7.06. The lowest BCUT2D eigenvalue weighted by atomic mass is 10.1. The van der Waals surface area contributed by atoms with E-state index in [2.05, 4.69) is 5.32 Å². The number of primary amides is 1. The van der Waals surface area contributed by atoms with Gasteiger partial charge in [-0.25, -0.2) is 0 Å². The molecule has 2 aromatic carbocycles. The summed E-state index contributed by atoms with van der Waals surface area (Å²) in [4.78, 5) is 11.6. The Morgan fingerprint density at radius 3 is 2.36 bits per heavy atom. The van der Waals surface area contributed by atoms with Gasteiger partial charge in [-0.2, -0.15) is 0 Å². The van der Waals surface area contributed by atoms with E-state index in [9.17, 15) is 4.79 Å². The largest absolute Gasteiger partial charge is 0.493 e. The summed E-state index contributed by atoms with van der Waals surface area (Å²) in [6, 6.07) is 16.3. The number of nitrogens with one attached hydrogen (secondary N) is 1. The molecule has 0 aliphatic carbocycles. The van der Waals surface area contributed by atoms with Crippen molar-refractivity contribution in [1.29, 1.82) is 0 Å². The highest BCUT2D eigenvalue weighted by Gasteiger charge is 2.16. The normalized spacial score (nSPS) is 11.7. The molecule has 0 unspecified atom stereocenters. The van der Waals surface area contributed by atoms with E-state index in [1.54, 1.807) is 7.11 Å². The average Bonchev–Trinajstić information content (AvgIpc) is 2.55. The quantitative estimate of drug-likeness (QED) is 0.730. The van der Waals surface area contributed by atoms with E-state index in [0.717, 1.165) is 5.56 Å². The molecule has 0 bridgehead atoms. The zero-order valence-electron chi connectivity index (χ0n) is 12.5. The number of benzene rings is 2. The molecule has 0 spiro atoms. The predicted octanol–water partition coefficient (Wildman–Crippen LogP) is 1.89. The fourth-order valence-corrected chi connectivity index (χ4v) is 2.13. The molecule has 0 saturated heterocycles. The Morgan fingerprint density at radius 2 is 1.73 bits per heavy atom. The van der Waals surface area contributed by atoms with Crippen LogP contribution in [0.1, 0.15) is 11.6 Å². The second-order valence-corrected chi connectivity index (χ2v) is 4.70. The predicted molar refractivity (Wildman–Crippen MR) is 84.9 cm³/mol. The second-order valence-electron chi connectivity index (χ2n) is 4.70. The molecule has 22 heavy (non-hydrogen) atoms. The molecule has 0 saturated carbocycles. The van der Waals surface area contributed by atoms with Gasteiger partial charge in [0.25, 0.3) is 0 Å². The summed E-state index contributed by atoms with van der Waals surface area (Å²) in [6.45, 7) is 0.886. The van der Waals surface area contributed by atoms with Crippen LogP contribution >= 0.6 is 0 Å². The summed E-state index contributed by atoms with van der Waals surface area (Å²) in [6.07, 6.45) is 0. The maximum absolute atomic E-state index is 11.6. The number of carbonyl (C=O) groups is 1. The van der Waals surface area contributed by atoms with Gasteiger partial charge in [-0.05, 0) is 17.7 Å². The number of carbonyl (C=O) groups excluding carboxylic acids is 1. The van der Waals surface area contributed by atoms with Crippen LogP contribution in [0.25, 0.3) is 0 Å². The van der Waals surface area contributed by atoms with Crippen molar-refractivity contribution >= 4 is 5.91 Å². The third-order valence-electron chi connectivity index (χ3n) is 3.19. The number of ether oxygens (including phenoxy) is 2. The van der Waals surface area contributed by atoms with Crippen molar-refractivity contribution in [3.63, 3.8) is 0 Å². The number of rotatable bonds is 8. The van der Waals surface area contributed by atoms with Crippen LogP contribution in [0.15, 0.2) is 54.6 Å². The molecule has 0 heterocycles. The third kappa shape index (κ3) is 4.23. The molecule has 0 aliphatic heterocycles. The van der Waals surface area contributed by atoms with Crippen molar-refractivity contribution in [2.24, 2.45) is 5.73 Å². The summed E-state index contributed by atoms with van der Waals surface area (Å²) >= 11 is 0. The molecule has 2 aromatic rings. The van der Waals surface area contributed by atoms with E-state index >= 15 is 0 Å². The smallest absolute Gasteiger partial charge is 0.239 e. The summed E-state index contributed by atoms with van der Waals surface area (Å²) in [5.74, 6) is 0.933. The molecule has 116 valence electrons. The highest BCUT2D eigenvalue weighted by Crippen LogP contribution is 2.25. The molecule has 0 fully saturated rings. The minimum absolute atomic E-state index is 0.400. The Morgan fingerprint density at radius 1 is 1.09 bits per heavy atom. The Bertz CT molecular complexity index is 602. The zero-order valence-corrected chi connectivity index (χ0v) is 12.5. The number of amides is 1. The van der Waals surface area contributed by atoms with Gasteiger partial charge in [0, 0.05) is 6.54 Å². The van der Waals surface area contributed by atoms with Gasteiger partial charge in [-0.15, -0.1) is 0 Å².